The first-order valence-electron chi connectivity index (χ1n) is 8.39. The number of imide groups is 1. The van der Waals surface area contributed by atoms with E-state index >= 15 is 0 Å². The molecule has 7 heteroatoms. The molecule has 0 aromatic rings. The largest absolute Gasteiger partial charge is 0.480 e. The number of aliphatic carboxylic acids is 1. The minimum absolute atomic E-state index is 0.0183. The van der Waals surface area contributed by atoms with E-state index in [0.29, 0.717) is 6.42 Å². The molecule has 134 valence electrons. The van der Waals surface area contributed by atoms with Gasteiger partial charge in [-0.2, -0.15) is 4.90 Å². The van der Waals surface area contributed by atoms with Crippen LogP contribution in [0, 0.1) is 0 Å². The highest BCUT2D eigenvalue weighted by Gasteiger charge is 2.34. The zero-order valence-electron chi connectivity index (χ0n) is 13.9. The second-order valence-electron chi connectivity index (χ2n) is 5.76. The summed E-state index contributed by atoms with van der Waals surface area (Å²) in [6.45, 7) is 2.18. The van der Waals surface area contributed by atoms with Crippen molar-refractivity contribution < 1.29 is 29.7 Å². The predicted octanol–water partition coefficient (Wildman–Crippen LogP) is 4.41. The Labute approximate surface area is 137 Å². The lowest BCUT2D eigenvalue weighted by Gasteiger charge is -2.21. The van der Waals surface area contributed by atoms with Crippen LogP contribution in [0.4, 0.5) is 9.59 Å². The van der Waals surface area contributed by atoms with Crippen molar-refractivity contribution in [3.63, 3.8) is 0 Å². The summed E-state index contributed by atoms with van der Waals surface area (Å²) >= 11 is 0. The van der Waals surface area contributed by atoms with E-state index in [9.17, 15) is 14.4 Å². The molecule has 2 amide bonds. The van der Waals surface area contributed by atoms with Gasteiger partial charge in [-0.15, -0.1) is 0 Å². The minimum atomic E-state index is -1.75. The van der Waals surface area contributed by atoms with Crippen LogP contribution in [-0.2, 0) is 4.79 Å². The second-order valence-corrected chi connectivity index (χ2v) is 5.76. The maximum absolute atomic E-state index is 11.1. The summed E-state index contributed by atoms with van der Waals surface area (Å²) in [7, 11) is 0. The Balaban J connectivity index is 3.92. The Morgan fingerprint density at radius 2 is 1.13 bits per heavy atom. The van der Waals surface area contributed by atoms with Crippen LogP contribution in [0.2, 0.25) is 0 Å². The van der Waals surface area contributed by atoms with E-state index in [1.54, 1.807) is 0 Å². The molecule has 1 atom stereocenters. The van der Waals surface area contributed by atoms with Gasteiger partial charge in [0.2, 0.25) is 0 Å². The van der Waals surface area contributed by atoms with Crippen molar-refractivity contribution in [3.05, 3.63) is 0 Å². The molecule has 0 aliphatic rings. The van der Waals surface area contributed by atoms with Gasteiger partial charge in [0.25, 0.3) is 0 Å². The van der Waals surface area contributed by atoms with Crippen LogP contribution in [0.15, 0.2) is 0 Å². The second kappa shape index (κ2) is 12.7. The van der Waals surface area contributed by atoms with E-state index in [0.717, 1.165) is 25.7 Å². The monoisotopic (exact) mass is 331 g/mol. The first-order valence-corrected chi connectivity index (χ1v) is 8.39. The Kier molecular flexibility index (Phi) is 11.7. The normalized spacial score (nSPS) is 11.9. The lowest BCUT2D eigenvalue weighted by Crippen LogP contribution is -2.47. The van der Waals surface area contributed by atoms with Crippen LogP contribution in [0.1, 0.15) is 77.6 Å². The number of carboxylic acid groups (broad SMARTS) is 3. The van der Waals surface area contributed by atoms with E-state index in [-0.39, 0.29) is 11.3 Å². The van der Waals surface area contributed by atoms with Crippen molar-refractivity contribution in [1.29, 1.82) is 0 Å². The molecular weight excluding hydrogens is 302 g/mol. The third-order valence-corrected chi connectivity index (χ3v) is 3.84. The predicted molar refractivity (Wildman–Crippen MR) is 85.8 cm³/mol. The Morgan fingerprint density at radius 3 is 1.48 bits per heavy atom. The fourth-order valence-electron chi connectivity index (χ4n) is 2.54. The number of rotatable bonds is 13. The molecule has 0 rings (SSSR count). The summed E-state index contributed by atoms with van der Waals surface area (Å²) in [5, 5.41) is 26.6. The first kappa shape index (κ1) is 21.2. The molecule has 0 aromatic carbocycles. The maximum atomic E-state index is 11.1. The van der Waals surface area contributed by atoms with E-state index in [1.807, 2.05) is 0 Å². The van der Waals surface area contributed by atoms with Crippen LogP contribution < -0.4 is 0 Å². The molecule has 0 saturated carbocycles. The molecule has 1 unspecified atom stereocenters. The fraction of sp³-hybridized carbons (Fsp3) is 0.812. The number of hydrogen-bond acceptors (Lipinski definition) is 3. The highest BCUT2D eigenvalue weighted by Crippen LogP contribution is 2.15. The molecule has 0 bridgehead atoms. The summed E-state index contributed by atoms with van der Waals surface area (Å²) in [5.74, 6) is -1.43. The van der Waals surface area contributed by atoms with Crippen LogP contribution in [0.3, 0.4) is 0 Å². The SMILES string of the molecule is CCCCCCCCCCCCC(C(=O)O)N(C(=O)O)C(=O)O. The number of amides is 2. The van der Waals surface area contributed by atoms with Crippen LogP contribution in [-0.4, -0.2) is 44.4 Å². The van der Waals surface area contributed by atoms with Gasteiger partial charge in [0.15, 0.2) is 0 Å². The van der Waals surface area contributed by atoms with Gasteiger partial charge < -0.3 is 15.3 Å². The fourth-order valence-corrected chi connectivity index (χ4v) is 2.54. The molecule has 3 N–H and O–H groups in total. The number of carboxylic acids is 1. The molecule has 7 nitrogen and oxygen atoms in total. The van der Waals surface area contributed by atoms with Crippen molar-refractivity contribution in [2.45, 2.75) is 83.6 Å². The van der Waals surface area contributed by atoms with Crippen LogP contribution in [0.25, 0.3) is 0 Å². The van der Waals surface area contributed by atoms with E-state index in [4.69, 9.17) is 15.3 Å². The van der Waals surface area contributed by atoms with Crippen molar-refractivity contribution in [2.75, 3.05) is 0 Å². The summed E-state index contributed by atoms with van der Waals surface area (Å²) < 4.78 is 0. The molecular formula is C16H29NO6. The lowest BCUT2D eigenvalue weighted by atomic mass is 10.0. The van der Waals surface area contributed by atoms with Gasteiger partial charge in [-0.3, -0.25) is 0 Å². The first-order chi connectivity index (χ1) is 10.9. The zero-order chi connectivity index (χ0) is 17.7. The third-order valence-electron chi connectivity index (χ3n) is 3.84. The van der Waals surface area contributed by atoms with Gasteiger partial charge in [-0.25, -0.2) is 14.4 Å². The molecule has 0 heterocycles. The highest BCUT2D eigenvalue weighted by atomic mass is 16.4. The number of hydrogen-bond donors (Lipinski definition) is 3. The number of carbonyl (C=O) groups is 3. The minimum Gasteiger partial charge on any atom is -0.480 e. The molecule has 23 heavy (non-hydrogen) atoms. The molecule has 0 fully saturated rings. The third kappa shape index (κ3) is 9.76. The molecule has 0 saturated heterocycles. The lowest BCUT2D eigenvalue weighted by molar-refractivity contribution is -0.142. The summed E-state index contributed by atoms with van der Waals surface area (Å²) in [5.41, 5.74) is 0. The summed E-state index contributed by atoms with van der Waals surface area (Å²) in [6.07, 6.45) is 7.24. The molecule has 0 spiro atoms. The van der Waals surface area contributed by atoms with Crippen molar-refractivity contribution >= 4 is 18.2 Å². The van der Waals surface area contributed by atoms with Crippen molar-refractivity contribution in [3.8, 4) is 0 Å². The smallest absolute Gasteiger partial charge is 0.417 e. The Bertz CT molecular complexity index is 358. The van der Waals surface area contributed by atoms with Crippen LogP contribution >= 0.6 is 0 Å². The van der Waals surface area contributed by atoms with Gasteiger partial charge in [-0.1, -0.05) is 71.1 Å². The average Bonchev–Trinajstić information content (AvgIpc) is 2.46. The molecule has 0 aliphatic carbocycles. The van der Waals surface area contributed by atoms with Gasteiger partial charge in [-0.05, 0) is 6.42 Å². The number of nitrogens with zero attached hydrogens (tertiary/aromatic N) is 1. The van der Waals surface area contributed by atoms with Crippen molar-refractivity contribution in [1.82, 2.24) is 4.90 Å². The quantitative estimate of drug-likeness (QED) is 0.431. The van der Waals surface area contributed by atoms with Gasteiger partial charge in [0, 0.05) is 0 Å². The topological polar surface area (TPSA) is 115 Å². The average molecular weight is 331 g/mol. The highest BCUT2D eigenvalue weighted by molar-refractivity contribution is 5.91. The van der Waals surface area contributed by atoms with Crippen molar-refractivity contribution in [2.24, 2.45) is 0 Å². The zero-order valence-corrected chi connectivity index (χ0v) is 13.9. The number of unbranched alkanes of at least 4 members (excludes halogenated alkanes) is 9. The van der Waals surface area contributed by atoms with E-state index < -0.39 is 24.2 Å². The Hall–Kier alpha value is -1.79. The summed E-state index contributed by atoms with van der Waals surface area (Å²) in [4.78, 5) is 32.7. The van der Waals surface area contributed by atoms with Gasteiger partial charge >= 0.3 is 18.2 Å². The van der Waals surface area contributed by atoms with E-state index in [1.165, 1.54) is 32.1 Å². The molecule has 0 aliphatic heterocycles. The van der Waals surface area contributed by atoms with Crippen LogP contribution in [0.5, 0.6) is 0 Å². The standard InChI is InChI=1S/C16H29NO6/c1-2-3-4-5-6-7-8-9-10-11-12-13(14(18)19)17(15(20)21)16(22)23/h13H,2-12H2,1H3,(H,18,19)(H,20,21)(H,22,23). The van der Waals surface area contributed by atoms with Gasteiger partial charge in [0.1, 0.15) is 6.04 Å². The summed E-state index contributed by atoms with van der Waals surface area (Å²) in [6, 6.07) is -1.53. The maximum Gasteiger partial charge on any atom is 0.417 e. The molecule has 0 aromatic heterocycles. The molecule has 0 radical (unpaired) electrons. The van der Waals surface area contributed by atoms with Gasteiger partial charge in [0.05, 0.1) is 0 Å². The Morgan fingerprint density at radius 1 is 0.739 bits per heavy atom. The van der Waals surface area contributed by atoms with E-state index in [2.05, 4.69) is 6.92 Å².